The highest BCUT2D eigenvalue weighted by atomic mass is 19.2. The van der Waals surface area contributed by atoms with Crippen molar-refractivity contribution >= 4 is 5.97 Å². The molecule has 5 heteroatoms. The molecule has 36 heavy (non-hydrogen) atoms. The van der Waals surface area contributed by atoms with Crippen LogP contribution in [0.1, 0.15) is 75.0 Å². The van der Waals surface area contributed by atoms with E-state index in [9.17, 15) is 18.0 Å². The van der Waals surface area contributed by atoms with Crippen LogP contribution in [0, 0.1) is 23.4 Å². The summed E-state index contributed by atoms with van der Waals surface area (Å²) in [4.78, 5) is 12.7. The van der Waals surface area contributed by atoms with Crippen molar-refractivity contribution in [3.05, 3.63) is 88.7 Å². The molecule has 0 bridgehead atoms. The monoisotopic (exact) mass is 494 g/mol. The van der Waals surface area contributed by atoms with Gasteiger partial charge >= 0.3 is 5.97 Å². The lowest BCUT2D eigenvalue weighted by atomic mass is 9.78. The molecule has 1 saturated carbocycles. The van der Waals surface area contributed by atoms with Gasteiger partial charge in [0.2, 0.25) is 5.82 Å². The highest BCUT2D eigenvalue weighted by Gasteiger charge is 2.30. The number of hydrogen-bond acceptors (Lipinski definition) is 2. The molecule has 0 aliphatic heterocycles. The van der Waals surface area contributed by atoms with E-state index in [4.69, 9.17) is 4.74 Å². The average molecular weight is 495 g/mol. The first kappa shape index (κ1) is 26.0. The van der Waals surface area contributed by atoms with Crippen molar-refractivity contribution in [3.63, 3.8) is 0 Å². The normalized spacial score (nSPS) is 17.7. The number of halogens is 3. The molecule has 0 radical (unpaired) electrons. The number of ether oxygens (including phenoxy) is 1. The standard InChI is InChI=1S/C31H33F3O2/c1-3-5-6-23-13-16-25(19-27(23)32)21-11-14-24(15-12-21)31(35)36-28-18-17-26(29(33)30(28)34)22-9-7-20(4-2)8-10-22/h7-10,13,16-19,21,24H,3-6,11-12,14-15H2,1-2H3. The van der Waals surface area contributed by atoms with Gasteiger partial charge in [-0.25, -0.2) is 8.78 Å². The van der Waals surface area contributed by atoms with Crippen molar-refractivity contribution in [2.45, 2.75) is 71.1 Å². The van der Waals surface area contributed by atoms with E-state index in [1.165, 1.54) is 12.1 Å². The minimum atomic E-state index is -1.16. The van der Waals surface area contributed by atoms with Crippen LogP contribution in [0.2, 0.25) is 0 Å². The summed E-state index contributed by atoms with van der Waals surface area (Å²) in [5.41, 5.74) is 3.50. The molecule has 1 fully saturated rings. The zero-order valence-corrected chi connectivity index (χ0v) is 21.0. The van der Waals surface area contributed by atoms with Crippen LogP contribution in [0.3, 0.4) is 0 Å². The van der Waals surface area contributed by atoms with Gasteiger partial charge in [0.25, 0.3) is 0 Å². The van der Waals surface area contributed by atoms with Gasteiger partial charge in [-0.3, -0.25) is 4.79 Å². The van der Waals surface area contributed by atoms with Crippen LogP contribution in [-0.2, 0) is 17.6 Å². The largest absolute Gasteiger partial charge is 0.423 e. The fourth-order valence-electron chi connectivity index (χ4n) is 5.00. The number of benzene rings is 3. The van der Waals surface area contributed by atoms with Gasteiger partial charge in [-0.15, -0.1) is 0 Å². The van der Waals surface area contributed by atoms with Crippen LogP contribution in [0.25, 0.3) is 11.1 Å². The van der Waals surface area contributed by atoms with E-state index >= 15 is 0 Å². The number of esters is 1. The molecule has 0 heterocycles. The van der Waals surface area contributed by atoms with Crippen molar-refractivity contribution in [3.8, 4) is 16.9 Å². The number of unbranched alkanes of at least 4 members (excludes halogenated alkanes) is 1. The second-order valence-electron chi connectivity index (χ2n) is 9.71. The molecule has 2 nitrogen and oxygen atoms in total. The summed E-state index contributed by atoms with van der Waals surface area (Å²) >= 11 is 0. The van der Waals surface area contributed by atoms with E-state index in [2.05, 4.69) is 6.92 Å². The van der Waals surface area contributed by atoms with Crippen LogP contribution >= 0.6 is 0 Å². The van der Waals surface area contributed by atoms with Crippen molar-refractivity contribution in [2.75, 3.05) is 0 Å². The molecule has 1 aliphatic rings. The van der Waals surface area contributed by atoms with Crippen LogP contribution in [0.5, 0.6) is 5.75 Å². The lowest BCUT2D eigenvalue weighted by Gasteiger charge is -2.27. The first-order valence-corrected chi connectivity index (χ1v) is 13.0. The molecule has 190 valence electrons. The molecule has 0 N–H and O–H groups in total. The number of hydrogen-bond donors (Lipinski definition) is 0. The Hall–Kier alpha value is -3.08. The maximum absolute atomic E-state index is 14.8. The Bertz CT molecular complexity index is 1200. The van der Waals surface area contributed by atoms with E-state index in [0.717, 1.165) is 55.2 Å². The summed E-state index contributed by atoms with van der Waals surface area (Å²) in [6.45, 7) is 4.11. The van der Waals surface area contributed by atoms with Gasteiger partial charge in [-0.2, -0.15) is 4.39 Å². The van der Waals surface area contributed by atoms with Gasteiger partial charge in [0, 0.05) is 5.56 Å². The van der Waals surface area contributed by atoms with E-state index < -0.39 is 29.3 Å². The Kier molecular flexibility index (Phi) is 8.50. The molecule has 3 aromatic rings. The van der Waals surface area contributed by atoms with Crippen LogP contribution in [0.15, 0.2) is 54.6 Å². The van der Waals surface area contributed by atoms with Gasteiger partial charge in [0.1, 0.15) is 5.82 Å². The zero-order valence-electron chi connectivity index (χ0n) is 21.0. The molecule has 0 spiro atoms. The first-order chi connectivity index (χ1) is 17.4. The van der Waals surface area contributed by atoms with Crippen molar-refractivity contribution in [1.29, 1.82) is 0 Å². The number of carbonyl (C=O) groups excluding carboxylic acids is 1. The molecule has 0 aromatic heterocycles. The summed E-state index contributed by atoms with van der Waals surface area (Å²) in [6, 6.07) is 15.5. The predicted octanol–water partition coefficient (Wildman–Crippen LogP) is 8.56. The SMILES string of the molecule is CCCCc1ccc(C2CCC(C(=O)Oc3ccc(-c4ccc(CC)cc4)c(F)c3F)CC2)cc1F. The predicted molar refractivity (Wildman–Crippen MR) is 137 cm³/mol. The van der Waals surface area contributed by atoms with E-state index in [-0.39, 0.29) is 17.3 Å². The van der Waals surface area contributed by atoms with Crippen LogP contribution in [0.4, 0.5) is 13.2 Å². The molecule has 0 unspecified atom stereocenters. The second kappa shape index (κ2) is 11.8. The Morgan fingerprint density at radius 1 is 0.889 bits per heavy atom. The summed E-state index contributed by atoms with van der Waals surface area (Å²) in [5.74, 6) is -3.50. The fraction of sp³-hybridized carbons (Fsp3) is 0.387. The van der Waals surface area contributed by atoms with E-state index in [0.29, 0.717) is 18.4 Å². The Labute approximate surface area is 211 Å². The zero-order chi connectivity index (χ0) is 25.7. The summed E-state index contributed by atoms with van der Waals surface area (Å²) in [6.07, 6.45) is 6.15. The van der Waals surface area contributed by atoms with Gasteiger partial charge in [0.05, 0.1) is 5.92 Å². The van der Waals surface area contributed by atoms with E-state index in [1.807, 2.05) is 31.2 Å². The van der Waals surface area contributed by atoms with Crippen molar-refractivity contribution in [2.24, 2.45) is 5.92 Å². The summed E-state index contributed by atoms with van der Waals surface area (Å²) < 4.78 is 49.3. The third-order valence-electron chi connectivity index (χ3n) is 7.34. The third kappa shape index (κ3) is 5.83. The van der Waals surface area contributed by atoms with E-state index in [1.54, 1.807) is 18.2 Å². The molecule has 1 aliphatic carbocycles. The number of aryl methyl sites for hydroxylation is 2. The maximum atomic E-state index is 14.8. The lowest BCUT2D eigenvalue weighted by molar-refractivity contribution is -0.140. The van der Waals surface area contributed by atoms with Gasteiger partial charge < -0.3 is 4.74 Å². The topological polar surface area (TPSA) is 26.3 Å². The first-order valence-electron chi connectivity index (χ1n) is 13.0. The summed E-state index contributed by atoms with van der Waals surface area (Å²) in [5, 5.41) is 0. The maximum Gasteiger partial charge on any atom is 0.314 e. The molecule has 0 saturated heterocycles. The van der Waals surface area contributed by atoms with Gasteiger partial charge in [0.15, 0.2) is 11.6 Å². The Balaban J connectivity index is 1.37. The smallest absolute Gasteiger partial charge is 0.314 e. The Morgan fingerprint density at radius 2 is 1.61 bits per heavy atom. The highest BCUT2D eigenvalue weighted by Crippen LogP contribution is 2.38. The van der Waals surface area contributed by atoms with Crippen molar-refractivity contribution in [1.82, 2.24) is 0 Å². The molecular weight excluding hydrogens is 461 g/mol. The van der Waals surface area contributed by atoms with Gasteiger partial charge in [-0.05, 0) is 91.3 Å². The van der Waals surface area contributed by atoms with Crippen molar-refractivity contribution < 1.29 is 22.7 Å². The quantitative estimate of drug-likeness (QED) is 0.232. The van der Waals surface area contributed by atoms with Gasteiger partial charge in [-0.1, -0.05) is 56.7 Å². The second-order valence-corrected chi connectivity index (χ2v) is 9.71. The number of rotatable bonds is 8. The number of carbonyl (C=O) groups is 1. The molecule has 0 atom stereocenters. The minimum Gasteiger partial charge on any atom is -0.423 e. The Morgan fingerprint density at radius 3 is 2.25 bits per heavy atom. The van der Waals surface area contributed by atoms with Crippen LogP contribution in [-0.4, -0.2) is 5.97 Å². The summed E-state index contributed by atoms with van der Waals surface area (Å²) in [7, 11) is 0. The highest BCUT2D eigenvalue weighted by molar-refractivity contribution is 5.76. The molecular formula is C31H33F3O2. The molecule has 4 rings (SSSR count). The molecule has 0 amide bonds. The average Bonchev–Trinajstić information content (AvgIpc) is 2.91. The minimum absolute atomic E-state index is 0.128. The van der Waals surface area contributed by atoms with Crippen LogP contribution < -0.4 is 4.74 Å². The molecule has 3 aromatic carbocycles. The fourth-order valence-corrected chi connectivity index (χ4v) is 5.00. The lowest BCUT2D eigenvalue weighted by Crippen LogP contribution is -2.25. The third-order valence-corrected chi connectivity index (χ3v) is 7.34.